The Morgan fingerprint density at radius 2 is 1.70 bits per heavy atom. The molecule has 0 bridgehead atoms. The smallest absolute Gasteiger partial charge is 0.321 e. The van der Waals surface area contributed by atoms with E-state index < -0.39 is 29.7 Å². The van der Waals surface area contributed by atoms with Crippen molar-refractivity contribution in [2.75, 3.05) is 7.11 Å². The molecule has 0 fully saturated rings. The second kappa shape index (κ2) is 8.92. The first-order chi connectivity index (χ1) is 10.9. The maximum atomic E-state index is 12.3. The minimum Gasteiger partial charge on any atom is -0.481 e. The van der Waals surface area contributed by atoms with Crippen LogP contribution in [-0.2, 0) is 30.5 Å². The third-order valence-corrected chi connectivity index (χ3v) is 3.38. The topological polar surface area (TPSA) is 89.9 Å². The van der Waals surface area contributed by atoms with E-state index in [0.29, 0.717) is 0 Å². The van der Waals surface area contributed by atoms with Crippen molar-refractivity contribution in [3.05, 3.63) is 35.9 Å². The molecule has 0 aliphatic heterocycles. The normalized spacial score (nSPS) is 13.2. The molecule has 0 spiro atoms. The Kier molecular flexibility index (Phi) is 7.25. The van der Waals surface area contributed by atoms with Crippen molar-refractivity contribution < 1.29 is 29.0 Å². The lowest BCUT2D eigenvalue weighted by Gasteiger charge is -2.22. The number of aliphatic carboxylic acids is 1. The van der Waals surface area contributed by atoms with Gasteiger partial charge in [0.1, 0.15) is 6.61 Å². The molecular formula is C17H22O6. The van der Waals surface area contributed by atoms with Gasteiger partial charge >= 0.3 is 17.9 Å². The van der Waals surface area contributed by atoms with E-state index in [1.165, 1.54) is 0 Å². The van der Waals surface area contributed by atoms with Crippen LogP contribution in [0.15, 0.2) is 30.3 Å². The molecule has 0 aromatic heterocycles. The number of esters is 2. The number of ether oxygens (including phenoxy) is 2. The van der Waals surface area contributed by atoms with E-state index in [0.717, 1.165) is 12.7 Å². The molecule has 0 aliphatic carbocycles. The zero-order valence-electron chi connectivity index (χ0n) is 13.5. The van der Waals surface area contributed by atoms with Crippen LogP contribution in [-0.4, -0.2) is 30.1 Å². The summed E-state index contributed by atoms with van der Waals surface area (Å²) in [5.41, 5.74) is 0.750. The molecule has 0 saturated carbocycles. The SMILES string of the molecule is COC(=O)C(C(=O)OCc1ccccc1)[C@@H](CC(C)C)C(=O)O. The third kappa shape index (κ3) is 5.73. The highest BCUT2D eigenvalue weighted by atomic mass is 16.5. The highest BCUT2D eigenvalue weighted by Gasteiger charge is 2.41. The monoisotopic (exact) mass is 322 g/mol. The van der Waals surface area contributed by atoms with Gasteiger partial charge in [-0.15, -0.1) is 0 Å². The number of hydrogen-bond donors (Lipinski definition) is 1. The molecule has 0 amide bonds. The Balaban J connectivity index is 2.88. The number of carbonyl (C=O) groups excluding carboxylic acids is 2. The van der Waals surface area contributed by atoms with E-state index >= 15 is 0 Å². The average molecular weight is 322 g/mol. The van der Waals surface area contributed by atoms with Crippen LogP contribution >= 0.6 is 0 Å². The van der Waals surface area contributed by atoms with E-state index in [2.05, 4.69) is 4.74 Å². The number of rotatable bonds is 8. The molecule has 0 radical (unpaired) electrons. The highest BCUT2D eigenvalue weighted by Crippen LogP contribution is 2.24. The third-order valence-electron chi connectivity index (χ3n) is 3.38. The molecule has 2 atom stereocenters. The van der Waals surface area contributed by atoms with Gasteiger partial charge in [0.05, 0.1) is 13.0 Å². The van der Waals surface area contributed by atoms with Crippen molar-refractivity contribution in [2.45, 2.75) is 26.9 Å². The van der Waals surface area contributed by atoms with E-state index in [1.54, 1.807) is 24.3 Å². The van der Waals surface area contributed by atoms with Crippen molar-refractivity contribution in [1.82, 2.24) is 0 Å². The van der Waals surface area contributed by atoms with Crippen LogP contribution in [0.2, 0.25) is 0 Å². The number of carboxylic acid groups (broad SMARTS) is 1. The average Bonchev–Trinajstić information content (AvgIpc) is 2.52. The van der Waals surface area contributed by atoms with Gasteiger partial charge < -0.3 is 14.6 Å². The molecule has 126 valence electrons. The van der Waals surface area contributed by atoms with Crippen molar-refractivity contribution in [1.29, 1.82) is 0 Å². The Morgan fingerprint density at radius 1 is 1.09 bits per heavy atom. The molecule has 1 unspecified atom stereocenters. The minimum absolute atomic E-state index is 0.00480. The van der Waals surface area contributed by atoms with Crippen molar-refractivity contribution in [2.24, 2.45) is 17.8 Å². The first kappa shape index (κ1) is 18.7. The quantitative estimate of drug-likeness (QED) is 0.583. The van der Waals surface area contributed by atoms with Crippen LogP contribution in [0, 0.1) is 17.8 Å². The van der Waals surface area contributed by atoms with E-state index in [4.69, 9.17) is 4.74 Å². The summed E-state index contributed by atoms with van der Waals surface area (Å²) < 4.78 is 9.72. The summed E-state index contributed by atoms with van der Waals surface area (Å²) in [5.74, 6) is -5.63. The van der Waals surface area contributed by atoms with Crippen LogP contribution in [0.4, 0.5) is 0 Å². The molecule has 0 saturated heterocycles. The van der Waals surface area contributed by atoms with Crippen molar-refractivity contribution in [3.63, 3.8) is 0 Å². The molecule has 1 rings (SSSR count). The summed E-state index contributed by atoms with van der Waals surface area (Å²) in [6.45, 7) is 3.61. The van der Waals surface area contributed by atoms with Gasteiger partial charge in [0, 0.05) is 0 Å². The maximum absolute atomic E-state index is 12.3. The minimum atomic E-state index is -1.47. The summed E-state index contributed by atoms with van der Waals surface area (Å²) >= 11 is 0. The molecule has 0 heterocycles. The van der Waals surface area contributed by atoms with Crippen molar-refractivity contribution in [3.8, 4) is 0 Å². The van der Waals surface area contributed by atoms with Crippen molar-refractivity contribution >= 4 is 17.9 Å². The zero-order valence-corrected chi connectivity index (χ0v) is 13.5. The number of carbonyl (C=O) groups is 3. The van der Waals surface area contributed by atoms with Gasteiger partial charge in [-0.3, -0.25) is 14.4 Å². The second-order valence-corrected chi connectivity index (χ2v) is 5.67. The van der Waals surface area contributed by atoms with Gasteiger partial charge in [-0.1, -0.05) is 44.2 Å². The number of benzene rings is 1. The zero-order chi connectivity index (χ0) is 17.4. The fourth-order valence-electron chi connectivity index (χ4n) is 2.26. The molecule has 1 N–H and O–H groups in total. The molecule has 6 heteroatoms. The first-order valence-corrected chi connectivity index (χ1v) is 7.38. The van der Waals surface area contributed by atoms with E-state index in [-0.39, 0.29) is 18.9 Å². The van der Waals surface area contributed by atoms with Gasteiger partial charge in [-0.2, -0.15) is 0 Å². The first-order valence-electron chi connectivity index (χ1n) is 7.38. The fraction of sp³-hybridized carbons (Fsp3) is 0.471. The van der Waals surface area contributed by atoms with Gasteiger partial charge in [0.15, 0.2) is 5.92 Å². The molecule has 1 aromatic rings. The largest absolute Gasteiger partial charge is 0.481 e. The van der Waals surface area contributed by atoms with Crippen LogP contribution in [0.3, 0.4) is 0 Å². The Hall–Kier alpha value is -2.37. The molecule has 6 nitrogen and oxygen atoms in total. The summed E-state index contributed by atoms with van der Waals surface area (Å²) in [6.07, 6.45) is 0.176. The van der Waals surface area contributed by atoms with Crippen LogP contribution in [0.25, 0.3) is 0 Å². The lowest BCUT2D eigenvalue weighted by molar-refractivity contribution is -0.170. The van der Waals surface area contributed by atoms with Gasteiger partial charge in [0.25, 0.3) is 0 Å². The van der Waals surface area contributed by atoms with Gasteiger partial charge in [-0.05, 0) is 17.9 Å². The maximum Gasteiger partial charge on any atom is 0.321 e. The Bertz CT molecular complexity index is 537. The van der Waals surface area contributed by atoms with Gasteiger partial charge in [0.2, 0.25) is 0 Å². The summed E-state index contributed by atoms with van der Waals surface area (Å²) in [5, 5.41) is 9.36. The molecular weight excluding hydrogens is 300 g/mol. The van der Waals surface area contributed by atoms with E-state index in [9.17, 15) is 19.5 Å². The standard InChI is InChI=1S/C17H22O6/c1-11(2)9-13(15(18)19)14(16(20)22-3)17(21)23-10-12-7-5-4-6-8-12/h4-8,11,13-14H,9-10H2,1-3H3,(H,18,19)/t13-,14?/m1/s1. The molecule has 1 aromatic carbocycles. The van der Waals surface area contributed by atoms with Crippen LogP contribution in [0.1, 0.15) is 25.8 Å². The number of methoxy groups -OCH3 is 1. The Morgan fingerprint density at radius 3 is 2.17 bits per heavy atom. The second-order valence-electron chi connectivity index (χ2n) is 5.67. The highest BCUT2D eigenvalue weighted by molar-refractivity contribution is 5.98. The predicted molar refractivity (Wildman–Crippen MR) is 82.3 cm³/mol. The summed E-state index contributed by atoms with van der Waals surface area (Å²) in [4.78, 5) is 35.6. The predicted octanol–water partition coefficient (Wildman–Crippen LogP) is 2.27. The lowest BCUT2D eigenvalue weighted by Crippen LogP contribution is -2.38. The fourth-order valence-corrected chi connectivity index (χ4v) is 2.26. The van der Waals surface area contributed by atoms with Gasteiger partial charge in [-0.25, -0.2) is 0 Å². The molecule has 0 aliphatic rings. The van der Waals surface area contributed by atoms with Crippen LogP contribution in [0.5, 0.6) is 0 Å². The lowest BCUT2D eigenvalue weighted by atomic mass is 9.85. The van der Waals surface area contributed by atoms with E-state index in [1.807, 2.05) is 19.9 Å². The van der Waals surface area contributed by atoms with Crippen LogP contribution < -0.4 is 0 Å². The summed E-state index contributed by atoms with van der Waals surface area (Å²) in [6, 6.07) is 8.94. The number of hydrogen-bond acceptors (Lipinski definition) is 5. The summed E-state index contributed by atoms with van der Waals surface area (Å²) in [7, 11) is 1.12. The Labute approximate surface area is 135 Å². The molecule has 23 heavy (non-hydrogen) atoms. The number of carboxylic acids is 1.